The fraction of sp³-hybridized carbons (Fsp3) is 0.571. The van der Waals surface area contributed by atoms with Crippen molar-refractivity contribution < 1.29 is 8.42 Å². The molecule has 1 aliphatic heterocycles. The first-order chi connectivity index (χ1) is 9.12. The number of hydrogen-bond acceptors (Lipinski definition) is 3. The Hall–Kier alpha value is -0.620. The third kappa shape index (κ3) is 4.74. The second-order valence-corrected chi connectivity index (χ2v) is 7.15. The van der Waals surface area contributed by atoms with Crippen LogP contribution in [0.3, 0.4) is 0 Å². The quantitative estimate of drug-likeness (QED) is 0.903. The van der Waals surface area contributed by atoms with Crippen molar-refractivity contribution in [2.75, 3.05) is 19.6 Å². The van der Waals surface area contributed by atoms with Gasteiger partial charge in [-0.25, -0.2) is 12.7 Å². The second-order valence-electron chi connectivity index (χ2n) is 5.19. The summed E-state index contributed by atoms with van der Waals surface area (Å²) in [4.78, 5) is 0. The molecule has 1 saturated heterocycles. The van der Waals surface area contributed by atoms with Gasteiger partial charge in [0.15, 0.2) is 0 Å². The lowest BCUT2D eigenvalue weighted by molar-refractivity contribution is 0.258. The summed E-state index contributed by atoms with van der Waals surface area (Å²) in [5, 5.41) is 0. The molecule has 1 atom stereocenters. The van der Waals surface area contributed by atoms with Gasteiger partial charge >= 0.3 is 0 Å². The Labute approximate surface area is 127 Å². The minimum Gasteiger partial charge on any atom is -0.330 e. The summed E-state index contributed by atoms with van der Waals surface area (Å²) in [6.45, 7) is 1.92. The lowest BCUT2D eigenvalue weighted by Crippen LogP contribution is -2.40. The zero-order valence-corrected chi connectivity index (χ0v) is 13.2. The Morgan fingerprint density at radius 1 is 1.25 bits per heavy atom. The summed E-state index contributed by atoms with van der Waals surface area (Å²) in [6.07, 6.45) is 2.95. The maximum absolute atomic E-state index is 12.4. The molecule has 1 heterocycles. The van der Waals surface area contributed by atoms with E-state index in [-0.39, 0.29) is 18.2 Å². The van der Waals surface area contributed by atoms with Crippen LogP contribution in [0.2, 0.25) is 0 Å². The van der Waals surface area contributed by atoms with E-state index in [0.717, 1.165) is 24.8 Å². The minimum absolute atomic E-state index is 0. The van der Waals surface area contributed by atoms with Gasteiger partial charge < -0.3 is 5.73 Å². The van der Waals surface area contributed by atoms with Crippen molar-refractivity contribution in [1.29, 1.82) is 0 Å². The number of nitrogens with zero attached hydrogens (tertiary/aromatic N) is 1. The molecule has 20 heavy (non-hydrogen) atoms. The first-order valence-electron chi connectivity index (χ1n) is 6.83. The molecule has 1 aromatic carbocycles. The van der Waals surface area contributed by atoms with Crippen molar-refractivity contribution in [1.82, 2.24) is 4.31 Å². The van der Waals surface area contributed by atoms with Crippen molar-refractivity contribution in [3.63, 3.8) is 0 Å². The summed E-state index contributed by atoms with van der Waals surface area (Å²) in [7, 11) is -3.20. The van der Waals surface area contributed by atoms with Gasteiger partial charge in [-0.2, -0.15) is 0 Å². The summed E-state index contributed by atoms with van der Waals surface area (Å²) in [5.74, 6) is 0.521. The van der Waals surface area contributed by atoms with E-state index in [9.17, 15) is 8.42 Å². The van der Waals surface area contributed by atoms with Crippen molar-refractivity contribution >= 4 is 22.4 Å². The number of sulfonamides is 1. The van der Waals surface area contributed by atoms with Gasteiger partial charge in [0.25, 0.3) is 0 Å². The molecule has 6 heteroatoms. The van der Waals surface area contributed by atoms with Crippen LogP contribution in [0, 0.1) is 5.92 Å². The van der Waals surface area contributed by atoms with Gasteiger partial charge in [-0.1, -0.05) is 30.3 Å². The predicted molar refractivity (Wildman–Crippen MR) is 84.3 cm³/mol. The van der Waals surface area contributed by atoms with Crippen molar-refractivity contribution in [3.8, 4) is 0 Å². The molecular weight excluding hydrogens is 296 g/mol. The van der Waals surface area contributed by atoms with Crippen molar-refractivity contribution in [3.05, 3.63) is 35.9 Å². The maximum Gasteiger partial charge on any atom is 0.218 e. The van der Waals surface area contributed by atoms with Gasteiger partial charge in [-0.05, 0) is 37.3 Å². The molecule has 2 rings (SSSR count). The van der Waals surface area contributed by atoms with Gasteiger partial charge in [0.2, 0.25) is 10.0 Å². The molecule has 114 valence electrons. The molecule has 0 radical (unpaired) electrons. The Morgan fingerprint density at radius 2 is 1.95 bits per heavy atom. The molecular formula is C14H23ClN2O2S. The molecule has 0 saturated carbocycles. The van der Waals surface area contributed by atoms with Gasteiger partial charge in [0.05, 0.1) is 5.75 Å². The highest BCUT2D eigenvalue weighted by Crippen LogP contribution is 2.23. The van der Waals surface area contributed by atoms with E-state index in [0.29, 0.717) is 25.6 Å². The first kappa shape index (κ1) is 17.4. The monoisotopic (exact) mass is 318 g/mol. The Balaban J connectivity index is 0.00000200. The van der Waals surface area contributed by atoms with Crippen LogP contribution in [0.4, 0.5) is 0 Å². The van der Waals surface area contributed by atoms with Crippen LogP contribution in [0.15, 0.2) is 30.3 Å². The first-order valence-corrected chi connectivity index (χ1v) is 8.44. The number of hydrogen-bond donors (Lipinski definition) is 1. The smallest absolute Gasteiger partial charge is 0.218 e. The molecule has 1 fully saturated rings. The fourth-order valence-corrected chi connectivity index (χ4v) is 4.27. The van der Waals surface area contributed by atoms with Gasteiger partial charge in [0, 0.05) is 13.1 Å². The van der Waals surface area contributed by atoms with E-state index in [2.05, 4.69) is 0 Å². The Kier molecular flexibility index (Phi) is 6.95. The third-order valence-electron chi connectivity index (χ3n) is 3.64. The van der Waals surface area contributed by atoms with Gasteiger partial charge in [-0.15, -0.1) is 12.4 Å². The molecule has 0 spiro atoms. The molecule has 0 aromatic heterocycles. The van der Waals surface area contributed by atoms with E-state index in [1.165, 1.54) is 0 Å². The molecule has 0 bridgehead atoms. The van der Waals surface area contributed by atoms with Crippen LogP contribution >= 0.6 is 12.4 Å². The van der Waals surface area contributed by atoms with E-state index in [4.69, 9.17) is 5.73 Å². The van der Waals surface area contributed by atoms with Crippen LogP contribution in [0.1, 0.15) is 24.8 Å². The largest absolute Gasteiger partial charge is 0.330 e. The van der Waals surface area contributed by atoms with E-state index >= 15 is 0 Å². The Bertz CT molecular complexity index is 491. The lowest BCUT2D eigenvalue weighted by atomic mass is 9.96. The molecule has 2 N–H and O–H groups in total. The van der Waals surface area contributed by atoms with Crippen LogP contribution in [-0.4, -0.2) is 32.4 Å². The molecule has 4 nitrogen and oxygen atoms in total. The lowest BCUT2D eigenvalue weighted by Gasteiger charge is -2.31. The number of piperidine rings is 1. The molecule has 1 unspecified atom stereocenters. The highest BCUT2D eigenvalue weighted by atomic mass is 35.5. The molecule has 1 aliphatic rings. The van der Waals surface area contributed by atoms with Crippen LogP contribution in [-0.2, 0) is 15.8 Å². The maximum atomic E-state index is 12.4. The molecule has 1 aromatic rings. The second kappa shape index (κ2) is 7.98. The molecule has 0 aliphatic carbocycles. The van der Waals surface area contributed by atoms with E-state index < -0.39 is 10.0 Å². The van der Waals surface area contributed by atoms with E-state index in [1.54, 1.807) is 4.31 Å². The van der Waals surface area contributed by atoms with Gasteiger partial charge in [0.1, 0.15) is 0 Å². The topological polar surface area (TPSA) is 63.4 Å². The summed E-state index contributed by atoms with van der Waals surface area (Å²) >= 11 is 0. The SMILES string of the molecule is Cl.NCCC1CCCN(S(=O)(=O)Cc2ccccc2)C1. The van der Waals surface area contributed by atoms with Crippen LogP contribution in [0.25, 0.3) is 0 Å². The summed E-state index contributed by atoms with van der Waals surface area (Å²) in [5.41, 5.74) is 6.42. The summed E-state index contributed by atoms with van der Waals surface area (Å²) < 4.78 is 26.4. The third-order valence-corrected chi connectivity index (χ3v) is 5.46. The fourth-order valence-electron chi connectivity index (χ4n) is 2.63. The molecule has 0 amide bonds. The Morgan fingerprint density at radius 3 is 2.60 bits per heavy atom. The standard InChI is InChI=1S/C14H22N2O2S.ClH/c15-9-8-13-7-4-10-16(11-13)19(17,18)12-14-5-2-1-3-6-14;/h1-3,5-6,13H,4,7-12,15H2;1H. The van der Waals surface area contributed by atoms with Crippen molar-refractivity contribution in [2.45, 2.75) is 25.0 Å². The number of rotatable bonds is 5. The zero-order chi connectivity index (χ0) is 13.7. The number of nitrogens with two attached hydrogens (primary N) is 1. The predicted octanol–water partition coefficient (Wildman–Crippen LogP) is 2.00. The van der Waals surface area contributed by atoms with Crippen molar-refractivity contribution in [2.24, 2.45) is 11.7 Å². The highest BCUT2D eigenvalue weighted by Gasteiger charge is 2.28. The van der Waals surface area contributed by atoms with E-state index in [1.807, 2.05) is 30.3 Å². The highest BCUT2D eigenvalue weighted by molar-refractivity contribution is 7.88. The number of benzene rings is 1. The average Bonchev–Trinajstić information content (AvgIpc) is 2.40. The summed E-state index contributed by atoms with van der Waals surface area (Å²) in [6, 6.07) is 9.36. The van der Waals surface area contributed by atoms with Gasteiger partial charge in [-0.3, -0.25) is 0 Å². The normalized spacial score (nSPS) is 20.4. The number of halogens is 1. The minimum atomic E-state index is -3.20. The van der Waals surface area contributed by atoms with Crippen LogP contribution < -0.4 is 5.73 Å². The van der Waals surface area contributed by atoms with Crippen LogP contribution in [0.5, 0.6) is 0 Å². The zero-order valence-electron chi connectivity index (χ0n) is 11.6. The average molecular weight is 319 g/mol.